The Morgan fingerprint density at radius 2 is 2.15 bits per heavy atom. The molecule has 106 valence electrons. The second-order valence-electron chi connectivity index (χ2n) is 3.84. The molecule has 1 aromatic rings. The first-order chi connectivity index (χ1) is 9.38. The van der Waals surface area contributed by atoms with Crippen LogP contribution in [-0.2, 0) is 11.0 Å². The molecular formula is C13H12F3N3O. The molecule has 0 saturated heterocycles. The van der Waals surface area contributed by atoms with Crippen LogP contribution >= 0.6 is 0 Å². The average Bonchev–Trinajstić information content (AvgIpc) is 2.38. The molecule has 0 atom stereocenters. The smallest absolute Gasteiger partial charge is 0.325 e. The zero-order chi connectivity index (χ0) is 15.2. The summed E-state index contributed by atoms with van der Waals surface area (Å²) in [6.07, 6.45) is -3.09. The Kier molecular flexibility index (Phi) is 5.29. The lowest BCUT2D eigenvalue weighted by Gasteiger charge is -2.11. The maximum absolute atomic E-state index is 12.7. The van der Waals surface area contributed by atoms with Gasteiger partial charge in [0.05, 0.1) is 23.7 Å². The molecule has 0 radical (unpaired) electrons. The number of nitriles is 1. The van der Waals surface area contributed by atoms with E-state index < -0.39 is 23.2 Å². The SMILES string of the molecule is C=CCNCC(=O)Nc1ccc(C#N)c(C(F)(F)F)c1. The molecule has 0 bridgehead atoms. The van der Waals surface area contributed by atoms with Crippen molar-refractivity contribution in [2.45, 2.75) is 6.18 Å². The lowest BCUT2D eigenvalue weighted by molar-refractivity contribution is -0.137. The van der Waals surface area contributed by atoms with Crippen molar-refractivity contribution in [2.24, 2.45) is 0 Å². The second kappa shape index (κ2) is 6.73. The highest BCUT2D eigenvalue weighted by molar-refractivity contribution is 5.92. The van der Waals surface area contributed by atoms with Gasteiger partial charge >= 0.3 is 6.18 Å². The van der Waals surface area contributed by atoms with Crippen molar-refractivity contribution >= 4 is 11.6 Å². The third-order valence-corrected chi connectivity index (χ3v) is 2.30. The molecule has 0 aliphatic rings. The maximum atomic E-state index is 12.7. The lowest BCUT2D eigenvalue weighted by Crippen LogP contribution is -2.28. The zero-order valence-electron chi connectivity index (χ0n) is 10.4. The van der Waals surface area contributed by atoms with Gasteiger partial charge in [-0.1, -0.05) is 6.08 Å². The van der Waals surface area contributed by atoms with Gasteiger partial charge in [-0.05, 0) is 18.2 Å². The van der Waals surface area contributed by atoms with Crippen LogP contribution in [0.3, 0.4) is 0 Å². The summed E-state index contributed by atoms with van der Waals surface area (Å²) < 4.78 is 38.1. The Hall–Kier alpha value is -2.33. The number of nitrogens with zero attached hydrogens (tertiary/aromatic N) is 1. The van der Waals surface area contributed by atoms with Gasteiger partial charge in [0.15, 0.2) is 0 Å². The van der Waals surface area contributed by atoms with Gasteiger partial charge in [0.1, 0.15) is 0 Å². The van der Waals surface area contributed by atoms with E-state index in [1.807, 2.05) is 0 Å². The standard InChI is InChI=1S/C13H12F3N3O/c1-2-5-18-8-12(20)19-10-4-3-9(7-17)11(6-10)13(14,15)16/h2-4,6,18H,1,5,8H2,(H,19,20). The number of alkyl halides is 3. The number of carbonyl (C=O) groups is 1. The van der Waals surface area contributed by atoms with Crippen molar-refractivity contribution < 1.29 is 18.0 Å². The Morgan fingerprint density at radius 3 is 2.70 bits per heavy atom. The van der Waals surface area contributed by atoms with Crippen molar-refractivity contribution in [1.82, 2.24) is 5.32 Å². The van der Waals surface area contributed by atoms with Crippen LogP contribution in [0.25, 0.3) is 0 Å². The number of hydrogen-bond donors (Lipinski definition) is 2. The van der Waals surface area contributed by atoms with E-state index in [0.717, 1.165) is 12.1 Å². The van der Waals surface area contributed by atoms with E-state index >= 15 is 0 Å². The zero-order valence-corrected chi connectivity index (χ0v) is 10.4. The van der Waals surface area contributed by atoms with Gasteiger partial charge in [-0.2, -0.15) is 18.4 Å². The molecule has 0 spiro atoms. The van der Waals surface area contributed by atoms with Gasteiger partial charge in [0.2, 0.25) is 5.91 Å². The minimum atomic E-state index is -4.65. The van der Waals surface area contributed by atoms with Gasteiger partial charge in [0.25, 0.3) is 0 Å². The van der Waals surface area contributed by atoms with Gasteiger partial charge in [-0.3, -0.25) is 4.79 Å². The average molecular weight is 283 g/mol. The third kappa shape index (κ3) is 4.40. The van der Waals surface area contributed by atoms with Crippen LogP contribution in [-0.4, -0.2) is 19.0 Å². The van der Waals surface area contributed by atoms with Crippen molar-refractivity contribution in [3.05, 3.63) is 42.0 Å². The second-order valence-corrected chi connectivity index (χ2v) is 3.84. The molecule has 4 nitrogen and oxygen atoms in total. The first-order valence-electron chi connectivity index (χ1n) is 5.61. The lowest BCUT2D eigenvalue weighted by atomic mass is 10.1. The molecule has 0 aliphatic heterocycles. The maximum Gasteiger partial charge on any atom is 0.417 e. The summed E-state index contributed by atoms with van der Waals surface area (Å²) >= 11 is 0. The normalized spacial score (nSPS) is 10.7. The summed E-state index contributed by atoms with van der Waals surface area (Å²) in [6, 6.07) is 4.48. The number of anilines is 1. The Balaban J connectivity index is 2.85. The first-order valence-corrected chi connectivity index (χ1v) is 5.61. The minimum absolute atomic E-state index is 0.0123. The van der Waals surface area contributed by atoms with Crippen molar-refractivity contribution in [2.75, 3.05) is 18.4 Å². The summed E-state index contributed by atoms with van der Waals surface area (Å²) in [4.78, 5) is 11.4. The summed E-state index contributed by atoms with van der Waals surface area (Å²) in [5, 5.41) is 13.7. The van der Waals surface area contributed by atoms with Crippen molar-refractivity contribution in [3.8, 4) is 6.07 Å². The summed E-state index contributed by atoms with van der Waals surface area (Å²) in [7, 11) is 0. The quantitative estimate of drug-likeness (QED) is 0.643. The fraction of sp³-hybridized carbons (Fsp3) is 0.231. The van der Waals surface area contributed by atoms with Gasteiger partial charge in [0, 0.05) is 12.2 Å². The Bertz CT molecular complexity index is 547. The Labute approximate surface area is 113 Å². The van der Waals surface area contributed by atoms with Crippen molar-refractivity contribution in [1.29, 1.82) is 5.26 Å². The molecule has 0 unspecified atom stereocenters. The molecule has 0 heterocycles. The molecule has 0 aliphatic carbocycles. The van der Waals surface area contributed by atoms with E-state index in [1.165, 1.54) is 12.1 Å². The largest absolute Gasteiger partial charge is 0.417 e. The molecule has 7 heteroatoms. The monoisotopic (exact) mass is 283 g/mol. The predicted octanol–water partition coefficient (Wildman–Crippen LogP) is 2.29. The van der Waals surface area contributed by atoms with Crippen LogP contribution < -0.4 is 10.6 Å². The highest BCUT2D eigenvalue weighted by Crippen LogP contribution is 2.33. The van der Waals surface area contributed by atoms with Crippen LogP contribution in [0.4, 0.5) is 18.9 Å². The highest BCUT2D eigenvalue weighted by Gasteiger charge is 2.33. The topological polar surface area (TPSA) is 64.9 Å². The van der Waals surface area contributed by atoms with Crippen LogP contribution in [0.2, 0.25) is 0 Å². The number of nitrogens with one attached hydrogen (secondary N) is 2. The van der Waals surface area contributed by atoms with Gasteiger partial charge < -0.3 is 10.6 Å². The number of amides is 1. The van der Waals surface area contributed by atoms with E-state index in [1.54, 1.807) is 6.08 Å². The number of benzene rings is 1. The molecule has 20 heavy (non-hydrogen) atoms. The molecule has 2 N–H and O–H groups in total. The Morgan fingerprint density at radius 1 is 1.45 bits per heavy atom. The van der Waals surface area contributed by atoms with E-state index in [4.69, 9.17) is 5.26 Å². The van der Waals surface area contributed by atoms with E-state index in [2.05, 4.69) is 17.2 Å². The molecule has 0 aromatic heterocycles. The summed E-state index contributed by atoms with van der Waals surface area (Å²) in [6.45, 7) is 3.81. The number of hydrogen-bond acceptors (Lipinski definition) is 3. The van der Waals surface area contributed by atoms with E-state index in [-0.39, 0.29) is 12.2 Å². The van der Waals surface area contributed by atoms with Gasteiger partial charge in [-0.15, -0.1) is 6.58 Å². The fourth-order valence-electron chi connectivity index (χ4n) is 1.45. The van der Waals surface area contributed by atoms with Crippen LogP contribution in [0, 0.1) is 11.3 Å². The first kappa shape index (κ1) is 15.7. The molecule has 1 amide bonds. The van der Waals surface area contributed by atoms with Crippen LogP contribution in [0.5, 0.6) is 0 Å². The van der Waals surface area contributed by atoms with Crippen molar-refractivity contribution in [3.63, 3.8) is 0 Å². The van der Waals surface area contributed by atoms with E-state index in [9.17, 15) is 18.0 Å². The molecule has 1 aromatic carbocycles. The van der Waals surface area contributed by atoms with Crippen LogP contribution in [0.1, 0.15) is 11.1 Å². The summed E-state index contributed by atoms with van der Waals surface area (Å²) in [5.74, 6) is -0.482. The third-order valence-electron chi connectivity index (χ3n) is 2.30. The predicted molar refractivity (Wildman–Crippen MR) is 67.9 cm³/mol. The van der Waals surface area contributed by atoms with E-state index in [0.29, 0.717) is 6.54 Å². The molecule has 1 rings (SSSR count). The number of carbonyl (C=O) groups excluding carboxylic acids is 1. The summed E-state index contributed by atoms with van der Waals surface area (Å²) in [5.41, 5.74) is -1.57. The van der Waals surface area contributed by atoms with Gasteiger partial charge in [-0.25, -0.2) is 0 Å². The highest BCUT2D eigenvalue weighted by atomic mass is 19.4. The number of halogens is 3. The van der Waals surface area contributed by atoms with Crippen LogP contribution in [0.15, 0.2) is 30.9 Å². The fourth-order valence-corrected chi connectivity index (χ4v) is 1.45. The molecule has 0 fully saturated rings. The molecular weight excluding hydrogens is 271 g/mol. The minimum Gasteiger partial charge on any atom is -0.325 e. The number of rotatable bonds is 5. The molecule has 0 saturated carbocycles.